The van der Waals surface area contributed by atoms with E-state index in [9.17, 15) is 0 Å². The van der Waals surface area contributed by atoms with Crippen LogP contribution in [0.2, 0.25) is 0 Å². The van der Waals surface area contributed by atoms with Gasteiger partial charge in [-0.1, -0.05) is 30.3 Å². The van der Waals surface area contributed by atoms with E-state index in [1.165, 1.54) is 11.1 Å². The smallest absolute Gasteiger partial charge is 0.0835 e. The van der Waals surface area contributed by atoms with E-state index in [0.29, 0.717) is 12.7 Å². The van der Waals surface area contributed by atoms with E-state index in [-0.39, 0.29) is 0 Å². The molecule has 0 unspecified atom stereocenters. The van der Waals surface area contributed by atoms with Crippen LogP contribution in [0.15, 0.2) is 36.9 Å². The molecule has 2 rings (SSSR count). The highest BCUT2D eigenvalue weighted by Crippen LogP contribution is 2.33. The first kappa shape index (κ1) is 8.52. The van der Waals surface area contributed by atoms with Gasteiger partial charge < -0.3 is 4.74 Å². The molecule has 0 N–H and O–H groups in total. The maximum absolute atomic E-state index is 5.66. The minimum absolute atomic E-state index is 0.300. The molecule has 13 heavy (non-hydrogen) atoms. The predicted molar refractivity (Wildman–Crippen MR) is 53.7 cm³/mol. The molecule has 1 aliphatic rings. The van der Waals surface area contributed by atoms with Gasteiger partial charge in [0.25, 0.3) is 0 Å². The van der Waals surface area contributed by atoms with Crippen molar-refractivity contribution in [3.05, 3.63) is 48.0 Å². The monoisotopic (exact) mass is 174 g/mol. The first-order valence-corrected chi connectivity index (χ1v) is 4.72. The molecular weight excluding hydrogens is 160 g/mol. The lowest BCUT2D eigenvalue weighted by Crippen LogP contribution is -1.99. The molecule has 1 atom stereocenters. The van der Waals surface area contributed by atoms with E-state index in [1.54, 1.807) is 6.08 Å². The summed E-state index contributed by atoms with van der Waals surface area (Å²) in [5.74, 6) is 0. The second kappa shape index (κ2) is 3.75. The van der Waals surface area contributed by atoms with Crippen molar-refractivity contribution in [2.24, 2.45) is 0 Å². The predicted octanol–water partition coefficient (Wildman–Crippen LogP) is 2.88. The molecule has 1 heteroatoms. The van der Waals surface area contributed by atoms with Gasteiger partial charge in [0.05, 0.1) is 12.7 Å². The summed E-state index contributed by atoms with van der Waals surface area (Å²) < 4.78 is 5.66. The Labute approximate surface area is 79.0 Å². The molecular formula is C12H14O. The highest BCUT2D eigenvalue weighted by molar-refractivity contribution is 5.33. The minimum atomic E-state index is 0.300. The van der Waals surface area contributed by atoms with Gasteiger partial charge in [0.2, 0.25) is 0 Å². The van der Waals surface area contributed by atoms with Crippen LogP contribution in [-0.2, 0) is 11.2 Å². The fourth-order valence-electron chi connectivity index (χ4n) is 1.88. The molecule has 0 radical (unpaired) electrons. The third-order valence-electron chi connectivity index (χ3n) is 2.49. The van der Waals surface area contributed by atoms with Crippen LogP contribution in [0, 0.1) is 0 Å². The van der Waals surface area contributed by atoms with Crippen LogP contribution in [-0.4, -0.2) is 6.61 Å². The third-order valence-corrected chi connectivity index (χ3v) is 2.49. The van der Waals surface area contributed by atoms with E-state index in [1.807, 2.05) is 0 Å². The van der Waals surface area contributed by atoms with Crippen LogP contribution in [0.25, 0.3) is 0 Å². The molecule has 0 heterocycles. The van der Waals surface area contributed by atoms with Gasteiger partial charge in [-0.2, -0.15) is 0 Å². The van der Waals surface area contributed by atoms with Crippen molar-refractivity contribution in [1.29, 1.82) is 0 Å². The van der Waals surface area contributed by atoms with Gasteiger partial charge in [-0.3, -0.25) is 0 Å². The average Bonchev–Trinajstić information content (AvgIpc) is 2.58. The Hall–Kier alpha value is -1.08. The van der Waals surface area contributed by atoms with Crippen LogP contribution in [0.1, 0.15) is 23.7 Å². The van der Waals surface area contributed by atoms with Crippen molar-refractivity contribution in [1.82, 2.24) is 0 Å². The van der Waals surface area contributed by atoms with E-state index < -0.39 is 0 Å². The van der Waals surface area contributed by atoms with Gasteiger partial charge in [0.15, 0.2) is 0 Å². The lowest BCUT2D eigenvalue weighted by molar-refractivity contribution is 0.0758. The second-order valence-electron chi connectivity index (χ2n) is 3.35. The Bertz CT molecular complexity index is 304. The fourth-order valence-corrected chi connectivity index (χ4v) is 1.88. The van der Waals surface area contributed by atoms with Crippen LogP contribution in [0.5, 0.6) is 0 Å². The topological polar surface area (TPSA) is 9.23 Å². The minimum Gasteiger partial charge on any atom is -0.369 e. The summed E-state index contributed by atoms with van der Waals surface area (Å²) in [5.41, 5.74) is 2.81. The zero-order valence-electron chi connectivity index (χ0n) is 7.70. The summed E-state index contributed by atoms with van der Waals surface area (Å²) in [6, 6.07) is 8.52. The van der Waals surface area contributed by atoms with E-state index >= 15 is 0 Å². The van der Waals surface area contributed by atoms with Gasteiger partial charge in [0, 0.05) is 0 Å². The number of ether oxygens (including phenoxy) is 1. The number of aryl methyl sites for hydroxylation is 1. The zero-order valence-corrected chi connectivity index (χ0v) is 7.70. The average molecular weight is 174 g/mol. The standard InChI is InChI=1S/C12H14O/c1-2-9-13-12-8-7-10-5-3-4-6-11(10)12/h2-6,12H,1,7-9H2/t12-/m0/s1. The van der Waals surface area contributed by atoms with Gasteiger partial charge in [-0.05, 0) is 24.0 Å². The van der Waals surface area contributed by atoms with E-state index in [0.717, 1.165) is 12.8 Å². The Kier molecular flexibility index (Phi) is 2.46. The molecule has 0 saturated carbocycles. The summed E-state index contributed by atoms with van der Waals surface area (Å²) in [7, 11) is 0. The normalized spacial score (nSPS) is 19.8. The van der Waals surface area contributed by atoms with Crippen molar-refractivity contribution in [3.8, 4) is 0 Å². The molecule has 1 aromatic carbocycles. The highest BCUT2D eigenvalue weighted by atomic mass is 16.5. The second-order valence-corrected chi connectivity index (χ2v) is 3.35. The van der Waals surface area contributed by atoms with Gasteiger partial charge in [0.1, 0.15) is 0 Å². The largest absolute Gasteiger partial charge is 0.369 e. The number of benzene rings is 1. The quantitative estimate of drug-likeness (QED) is 0.640. The van der Waals surface area contributed by atoms with Crippen LogP contribution < -0.4 is 0 Å². The number of hydrogen-bond acceptors (Lipinski definition) is 1. The maximum atomic E-state index is 5.66. The maximum Gasteiger partial charge on any atom is 0.0835 e. The Balaban J connectivity index is 2.13. The zero-order chi connectivity index (χ0) is 9.10. The van der Waals surface area contributed by atoms with Crippen molar-refractivity contribution >= 4 is 0 Å². The summed E-state index contributed by atoms with van der Waals surface area (Å²) in [6.45, 7) is 4.30. The molecule has 0 spiro atoms. The lowest BCUT2D eigenvalue weighted by atomic mass is 10.1. The summed E-state index contributed by atoms with van der Waals surface area (Å²) >= 11 is 0. The van der Waals surface area contributed by atoms with Gasteiger partial charge >= 0.3 is 0 Å². The third kappa shape index (κ3) is 1.65. The lowest BCUT2D eigenvalue weighted by Gasteiger charge is -2.10. The highest BCUT2D eigenvalue weighted by Gasteiger charge is 2.21. The molecule has 0 aliphatic heterocycles. The van der Waals surface area contributed by atoms with Crippen molar-refractivity contribution in [2.75, 3.05) is 6.61 Å². The molecule has 68 valence electrons. The SMILES string of the molecule is C=CCO[C@H]1CCc2ccccc21. The molecule has 0 amide bonds. The van der Waals surface area contributed by atoms with Crippen molar-refractivity contribution in [2.45, 2.75) is 18.9 Å². The Morgan fingerprint density at radius 3 is 3.15 bits per heavy atom. The van der Waals surface area contributed by atoms with E-state index in [4.69, 9.17) is 4.74 Å². The molecule has 0 aromatic heterocycles. The molecule has 0 fully saturated rings. The Morgan fingerprint density at radius 1 is 1.46 bits per heavy atom. The van der Waals surface area contributed by atoms with Gasteiger partial charge in [-0.15, -0.1) is 6.58 Å². The number of hydrogen-bond donors (Lipinski definition) is 0. The first-order valence-electron chi connectivity index (χ1n) is 4.72. The molecule has 1 aliphatic carbocycles. The van der Waals surface area contributed by atoms with E-state index in [2.05, 4.69) is 30.8 Å². The van der Waals surface area contributed by atoms with Crippen LogP contribution >= 0.6 is 0 Å². The van der Waals surface area contributed by atoms with Gasteiger partial charge in [-0.25, -0.2) is 0 Å². The van der Waals surface area contributed by atoms with Crippen LogP contribution in [0.4, 0.5) is 0 Å². The summed E-state index contributed by atoms with van der Waals surface area (Å²) in [4.78, 5) is 0. The Morgan fingerprint density at radius 2 is 2.31 bits per heavy atom. The van der Waals surface area contributed by atoms with Crippen molar-refractivity contribution in [3.63, 3.8) is 0 Å². The summed E-state index contributed by atoms with van der Waals surface area (Å²) in [5, 5.41) is 0. The molecule has 1 nitrogen and oxygen atoms in total. The summed E-state index contributed by atoms with van der Waals surface area (Å²) in [6.07, 6.45) is 4.38. The molecule has 0 saturated heterocycles. The van der Waals surface area contributed by atoms with Crippen molar-refractivity contribution < 1.29 is 4.74 Å². The first-order chi connectivity index (χ1) is 6.42. The van der Waals surface area contributed by atoms with Crippen LogP contribution in [0.3, 0.4) is 0 Å². The number of fused-ring (bicyclic) bond motifs is 1. The molecule has 0 bridgehead atoms. The number of rotatable bonds is 3. The fraction of sp³-hybridized carbons (Fsp3) is 0.333. The molecule has 1 aromatic rings.